The molecular weight excluding hydrogens is 216 g/mol. The molecule has 0 unspecified atom stereocenters. The number of rotatable bonds is 2. The molecule has 0 aliphatic rings. The van der Waals surface area contributed by atoms with Crippen LogP contribution in [-0.4, -0.2) is 12.0 Å². The Labute approximate surface area is 100 Å². The first-order valence-electron chi connectivity index (χ1n) is 5.34. The van der Waals surface area contributed by atoms with Gasteiger partial charge in [0.25, 0.3) is 0 Å². The number of benzene rings is 1. The highest BCUT2D eigenvalue weighted by atomic mass is 32.1. The summed E-state index contributed by atoms with van der Waals surface area (Å²) < 4.78 is 0. The van der Waals surface area contributed by atoms with E-state index < -0.39 is 0 Å². The van der Waals surface area contributed by atoms with E-state index in [9.17, 15) is 0 Å². The van der Waals surface area contributed by atoms with Crippen LogP contribution in [0.3, 0.4) is 0 Å². The number of nitrogens with zero attached hydrogens (tertiary/aromatic N) is 1. The van der Waals surface area contributed by atoms with Gasteiger partial charge in [-0.25, -0.2) is 4.98 Å². The lowest BCUT2D eigenvalue weighted by Crippen LogP contribution is -1.85. The van der Waals surface area contributed by atoms with Gasteiger partial charge < -0.3 is 5.32 Å². The summed E-state index contributed by atoms with van der Waals surface area (Å²) in [5, 5.41) is 5.40. The van der Waals surface area contributed by atoms with E-state index in [1.165, 1.54) is 16.7 Å². The zero-order chi connectivity index (χ0) is 11.7. The second-order valence-corrected chi connectivity index (χ2v) is 4.98. The van der Waals surface area contributed by atoms with Crippen molar-refractivity contribution in [2.24, 2.45) is 0 Å². The highest BCUT2D eigenvalue weighted by Crippen LogP contribution is 2.32. The number of thiazole rings is 1. The zero-order valence-corrected chi connectivity index (χ0v) is 10.9. The smallest absolute Gasteiger partial charge is 0.125 e. The van der Waals surface area contributed by atoms with Crippen LogP contribution in [0.15, 0.2) is 18.2 Å². The Morgan fingerprint density at radius 2 is 1.88 bits per heavy atom. The van der Waals surface area contributed by atoms with Gasteiger partial charge in [0.1, 0.15) is 10.0 Å². The molecule has 0 amide bonds. The minimum atomic E-state index is 1.07. The van der Waals surface area contributed by atoms with Gasteiger partial charge >= 0.3 is 0 Å². The number of anilines is 1. The second-order valence-electron chi connectivity index (χ2n) is 3.98. The van der Waals surface area contributed by atoms with Crippen molar-refractivity contribution in [3.05, 3.63) is 35.0 Å². The van der Waals surface area contributed by atoms with Crippen LogP contribution in [0.4, 0.5) is 5.00 Å². The predicted molar refractivity (Wildman–Crippen MR) is 71.3 cm³/mol. The normalized spacial score (nSPS) is 10.5. The molecule has 2 aromatic rings. The van der Waals surface area contributed by atoms with E-state index in [1.807, 2.05) is 14.0 Å². The van der Waals surface area contributed by atoms with Crippen LogP contribution in [0, 0.1) is 20.8 Å². The molecule has 0 aliphatic heterocycles. The molecule has 0 spiro atoms. The van der Waals surface area contributed by atoms with E-state index in [0.29, 0.717) is 0 Å². The van der Waals surface area contributed by atoms with Gasteiger partial charge in [0.2, 0.25) is 0 Å². The largest absolute Gasteiger partial charge is 0.378 e. The Kier molecular flexibility index (Phi) is 2.97. The average Bonchev–Trinajstić information content (AvgIpc) is 2.64. The first-order chi connectivity index (χ1) is 7.61. The second kappa shape index (κ2) is 4.26. The first-order valence-corrected chi connectivity index (χ1v) is 6.16. The lowest BCUT2D eigenvalue weighted by atomic mass is 10.1. The van der Waals surface area contributed by atoms with Gasteiger partial charge in [-0.05, 0) is 38.0 Å². The summed E-state index contributed by atoms with van der Waals surface area (Å²) in [6.45, 7) is 6.30. The summed E-state index contributed by atoms with van der Waals surface area (Å²) in [6.07, 6.45) is 0. The number of nitrogens with one attached hydrogen (secondary N) is 1. The van der Waals surface area contributed by atoms with Crippen LogP contribution in [0.1, 0.15) is 16.8 Å². The van der Waals surface area contributed by atoms with Crippen LogP contribution < -0.4 is 5.32 Å². The highest BCUT2D eigenvalue weighted by molar-refractivity contribution is 7.19. The number of hydrogen-bond acceptors (Lipinski definition) is 3. The van der Waals surface area contributed by atoms with Crippen molar-refractivity contribution >= 4 is 16.3 Å². The lowest BCUT2D eigenvalue weighted by Gasteiger charge is -2.01. The van der Waals surface area contributed by atoms with Crippen LogP contribution in [0.25, 0.3) is 10.6 Å². The molecule has 0 aliphatic carbocycles. The molecule has 1 aromatic heterocycles. The summed E-state index contributed by atoms with van der Waals surface area (Å²) in [5.74, 6) is 0. The van der Waals surface area contributed by atoms with E-state index in [4.69, 9.17) is 0 Å². The topological polar surface area (TPSA) is 24.9 Å². The number of aromatic nitrogens is 1. The van der Waals surface area contributed by atoms with Crippen molar-refractivity contribution in [1.29, 1.82) is 0 Å². The minimum absolute atomic E-state index is 1.07. The SMILES string of the molecule is CNc1sc(-c2ccc(C)c(C)c2)nc1C. The molecule has 0 saturated heterocycles. The highest BCUT2D eigenvalue weighted by Gasteiger charge is 2.08. The molecule has 1 N–H and O–H groups in total. The maximum Gasteiger partial charge on any atom is 0.125 e. The molecule has 3 heteroatoms. The van der Waals surface area contributed by atoms with Gasteiger partial charge in [-0.15, -0.1) is 0 Å². The molecular formula is C13H16N2S. The van der Waals surface area contributed by atoms with Gasteiger partial charge in [-0.2, -0.15) is 0 Å². The molecule has 16 heavy (non-hydrogen) atoms. The van der Waals surface area contributed by atoms with Crippen LogP contribution in [-0.2, 0) is 0 Å². The molecule has 0 saturated carbocycles. The molecule has 84 valence electrons. The lowest BCUT2D eigenvalue weighted by molar-refractivity contribution is 1.25. The summed E-state index contributed by atoms with van der Waals surface area (Å²) in [7, 11) is 1.94. The monoisotopic (exact) mass is 232 g/mol. The Bertz CT molecular complexity index is 515. The van der Waals surface area contributed by atoms with Gasteiger partial charge in [-0.1, -0.05) is 23.5 Å². The van der Waals surface area contributed by atoms with E-state index in [2.05, 4.69) is 42.3 Å². The molecule has 0 atom stereocenters. The minimum Gasteiger partial charge on any atom is -0.378 e. The maximum atomic E-state index is 4.58. The van der Waals surface area contributed by atoms with Gasteiger partial charge in [0, 0.05) is 12.6 Å². The quantitative estimate of drug-likeness (QED) is 0.852. The molecule has 2 rings (SSSR count). The maximum absolute atomic E-state index is 4.58. The van der Waals surface area contributed by atoms with Crippen LogP contribution in [0.5, 0.6) is 0 Å². The number of hydrogen-bond donors (Lipinski definition) is 1. The third kappa shape index (κ3) is 1.95. The molecule has 1 aromatic carbocycles. The van der Waals surface area contributed by atoms with Crippen molar-refractivity contribution in [1.82, 2.24) is 4.98 Å². The molecule has 1 heterocycles. The van der Waals surface area contributed by atoms with Crippen molar-refractivity contribution in [2.45, 2.75) is 20.8 Å². The van der Waals surface area contributed by atoms with E-state index >= 15 is 0 Å². The van der Waals surface area contributed by atoms with Crippen molar-refractivity contribution in [2.75, 3.05) is 12.4 Å². The van der Waals surface area contributed by atoms with Gasteiger partial charge in [0.05, 0.1) is 5.69 Å². The summed E-state index contributed by atoms with van der Waals surface area (Å²) in [6, 6.07) is 6.49. The first kappa shape index (κ1) is 11.1. The molecule has 0 bridgehead atoms. The fourth-order valence-electron chi connectivity index (χ4n) is 1.63. The standard InChI is InChI=1S/C13H16N2S/c1-8-5-6-11(7-9(8)2)13-15-10(3)12(14-4)16-13/h5-7,14H,1-4H3. The Morgan fingerprint density at radius 1 is 1.12 bits per heavy atom. The van der Waals surface area contributed by atoms with E-state index in [-0.39, 0.29) is 0 Å². The van der Waals surface area contributed by atoms with E-state index in [1.54, 1.807) is 11.3 Å². The van der Waals surface area contributed by atoms with Crippen molar-refractivity contribution in [3.8, 4) is 10.6 Å². The van der Waals surface area contributed by atoms with Crippen molar-refractivity contribution < 1.29 is 0 Å². The fourth-order valence-corrected chi connectivity index (χ4v) is 2.54. The van der Waals surface area contributed by atoms with Crippen LogP contribution >= 0.6 is 11.3 Å². The third-order valence-electron chi connectivity index (χ3n) is 2.78. The Hall–Kier alpha value is -1.35. The third-order valence-corrected chi connectivity index (χ3v) is 4.00. The summed E-state index contributed by atoms with van der Waals surface area (Å²) in [4.78, 5) is 4.58. The predicted octanol–water partition coefficient (Wildman–Crippen LogP) is 3.78. The van der Waals surface area contributed by atoms with Gasteiger partial charge in [0.15, 0.2) is 0 Å². The van der Waals surface area contributed by atoms with Crippen LogP contribution in [0.2, 0.25) is 0 Å². The molecule has 0 fully saturated rings. The number of aryl methyl sites for hydroxylation is 3. The Balaban J connectivity index is 2.46. The zero-order valence-electron chi connectivity index (χ0n) is 10.1. The molecule has 2 nitrogen and oxygen atoms in total. The fraction of sp³-hybridized carbons (Fsp3) is 0.308. The average molecular weight is 232 g/mol. The summed E-state index contributed by atoms with van der Waals surface area (Å²) >= 11 is 1.70. The van der Waals surface area contributed by atoms with Crippen molar-refractivity contribution in [3.63, 3.8) is 0 Å². The molecule has 0 radical (unpaired) electrons. The summed E-state index contributed by atoms with van der Waals surface area (Å²) in [5.41, 5.74) is 4.92. The Morgan fingerprint density at radius 3 is 2.44 bits per heavy atom. The van der Waals surface area contributed by atoms with Gasteiger partial charge in [-0.3, -0.25) is 0 Å². The van der Waals surface area contributed by atoms with E-state index in [0.717, 1.165) is 15.7 Å².